The lowest BCUT2D eigenvalue weighted by atomic mass is 10.2. The molecule has 0 saturated heterocycles. The van der Waals surface area contributed by atoms with E-state index in [2.05, 4.69) is 10.2 Å². The highest BCUT2D eigenvalue weighted by molar-refractivity contribution is 5.43. The molecule has 0 amide bonds. The molecule has 0 fully saturated rings. The van der Waals surface area contributed by atoms with Gasteiger partial charge in [-0.3, -0.25) is 0 Å². The van der Waals surface area contributed by atoms with Crippen LogP contribution in [0.1, 0.15) is 12.5 Å². The normalized spacial score (nSPS) is 12.6. The van der Waals surface area contributed by atoms with Crippen molar-refractivity contribution in [3.63, 3.8) is 0 Å². The second-order valence-corrected chi connectivity index (χ2v) is 4.25. The Labute approximate surface area is 112 Å². The number of azo groups is 1. The van der Waals surface area contributed by atoms with Gasteiger partial charge in [0.2, 0.25) is 0 Å². The zero-order valence-electron chi connectivity index (χ0n) is 10.9. The summed E-state index contributed by atoms with van der Waals surface area (Å²) in [6, 6.07) is 14.9. The van der Waals surface area contributed by atoms with Gasteiger partial charge in [-0.2, -0.15) is 10.2 Å². The number of nitrogens with zero attached hydrogens (tertiary/aromatic N) is 2. The van der Waals surface area contributed by atoms with Crippen LogP contribution in [0.4, 0.5) is 11.4 Å². The number of hydrogen-bond donors (Lipinski definition) is 1. The van der Waals surface area contributed by atoms with E-state index < -0.39 is 6.29 Å². The molecule has 0 aliphatic heterocycles. The Kier molecular flexibility index (Phi) is 4.26. The molecule has 0 saturated carbocycles. The maximum Gasteiger partial charge on any atom is 0.194 e. The molecule has 4 nitrogen and oxygen atoms in total. The molecule has 1 atom stereocenters. The monoisotopic (exact) mass is 256 g/mol. The number of benzene rings is 2. The highest BCUT2D eigenvalue weighted by atomic mass is 16.6. The third-order valence-electron chi connectivity index (χ3n) is 2.46. The van der Waals surface area contributed by atoms with Crippen molar-refractivity contribution < 1.29 is 9.84 Å². The van der Waals surface area contributed by atoms with Crippen molar-refractivity contribution in [3.8, 4) is 5.75 Å². The lowest BCUT2D eigenvalue weighted by Crippen LogP contribution is -2.09. The summed E-state index contributed by atoms with van der Waals surface area (Å²) in [5.41, 5.74) is 2.74. The first-order valence-corrected chi connectivity index (χ1v) is 6.07. The Morgan fingerprint density at radius 1 is 0.895 bits per heavy atom. The first kappa shape index (κ1) is 13.2. The van der Waals surface area contributed by atoms with Crippen molar-refractivity contribution in [2.24, 2.45) is 10.2 Å². The smallest absolute Gasteiger partial charge is 0.194 e. The molecule has 0 aliphatic carbocycles. The molecule has 0 radical (unpaired) electrons. The Morgan fingerprint density at radius 3 is 1.84 bits per heavy atom. The van der Waals surface area contributed by atoms with Crippen LogP contribution in [0, 0.1) is 6.92 Å². The third-order valence-corrected chi connectivity index (χ3v) is 2.46. The minimum atomic E-state index is -0.819. The van der Waals surface area contributed by atoms with E-state index >= 15 is 0 Å². The maximum absolute atomic E-state index is 9.09. The molecule has 0 aliphatic rings. The molecule has 1 unspecified atom stereocenters. The number of aryl methyl sites for hydroxylation is 1. The van der Waals surface area contributed by atoms with E-state index in [1.165, 1.54) is 5.56 Å². The molecular weight excluding hydrogens is 240 g/mol. The van der Waals surface area contributed by atoms with E-state index in [0.29, 0.717) is 5.75 Å². The van der Waals surface area contributed by atoms with Gasteiger partial charge in [0, 0.05) is 0 Å². The van der Waals surface area contributed by atoms with Crippen molar-refractivity contribution in [2.75, 3.05) is 0 Å². The molecule has 98 valence electrons. The standard InChI is InChI=1S/C15H16N2O2/c1-11-3-5-13(6-4-11)16-17-14-7-9-15(10-8-14)19-12(2)18/h3-10,12,18H,1-2H3. The molecule has 2 rings (SSSR count). The van der Waals surface area contributed by atoms with E-state index in [0.717, 1.165) is 11.4 Å². The van der Waals surface area contributed by atoms with Crippen LogP contribution in [0.15, 0.2) is 58.8 Å². The van der Waals surface area contributed by atoms with Crippen molar-refractivity contribution in [1.82, 2.24) is 0 Å². The summed E-state index contributed by atoms with van der Waals surface area (Å²) in [4.78, 5) is 0. The van der Waals surface area contributed by atoms with Crippen molar-refractivity contribution in [1.29, 1.82) is 0 Å². The van der Waals surface area contributed by atoms with Gasteiger partial charge < -0.3 is 9.84 Å². The van der Waals surface area contributed by atoms with Crippen molar-refractivity contribution in [2.45, 2.75) is 20.1 Å². The quantitative estimate of drug-likeness (QED) is 0.660. The molecule has 0 spiro atoms. The summed E-state index contributed by atoms with van der Waals surface area (Å²) >= 11 is 0. The molecule has 1 N–H and O–H groups in total. The second kappa shape index (κ2) is 6.11. The average molecular weight is 256 g/mol. The summed E-state index contributed by atoms with van der Waals surface area (Å²) in [7, 11) is 0. The Hall–Kier alpha value is -2.20. The Morgan fingerprint density at radius 2 is 1.37 bits per heavy atom. The molecule has 4 heteroatoms. The zero-order valence-corrected chi connectivity index (χ0v) is 10.9. The van der Waals surface area contributed by atoms with Crippen LogP contribution in [0.25, 0.3) is 0 Å². The number of ether oxygens (including phenoxy) is 1. The van der Waals surface area contributed by atoms with Gasteiger partial charge in [0.25, 0.3) is 0 Å². The Balaban J connectivity index is 2.04. The van der Waals surface area contributed by atoms with Crippen LogP contribution in [0.2, 0.25) is 0 Å². The molecule has 2 aromatic rings. The highest BCUT2D eigenvalue weighted by Crippen LogP contribution is 2.21. The Bertz CT molecular complexity index is 545. The van der Waals surface area contributed by atoms with E-state index in [-0.39, 0.29) is 0 Å². The summed E-state index contributed by atoms with van der Waals surface area (Å²) in [5.74, 6) is 0.601. The summed E-state index contributed by atoms with van der Waals surface area (Å²) < 4.78 is 5.13. The fourth-order valence-corrected chi connectivity index (χ4v) is 1.52. The van der Waals surface area contributed by atoms with Crippen LogP contribution < -0.4 is 4.74 Å². The van der Waals surface area contributed by atoms with Gasteiger partial charge in [0.15, 0.2) is 6.29 Å². The maximum atomic E-state index is 9.09. The topological polar surface area (TPSA) is 54.2 Å². The van der Waals surface area contributed by atoms with Gasteiger partial charge in [0.05, 0.1) is 11.4 Å². The zero-order chi connectivity index (χ0) is 13.7. The number of aliphatic hydroxyl groups is 1. The number of hydrogen-bond acceptors (Lipinski definition) is 4. The average Bonchev–Trinajstić information content (AvgIpc) is 2.39. The molecule has 2 aromatic carbocycles. The van der Waals surface area contributed by atoms with E-state index in [1.54, 1.807) is 31.2 Å². The van der Waals surface area contributed by atoms with E-state index in [1.807, 2.05) is 31.2 Å². The SMILES string of the molecule is Cc1ccc(N=Nc2ccc(OC(C)O)cc2)cc1. The highest BCUT2D eigenvalue weighted by Gasteiger charge is 1.98. The largest absolute Gasteiger partial charge is 0.465 e. The van der Waals surface area contributed by atoms with Gasteiger partial charge in [-0.25, -0.2) is 0 Å². The molecule has 0 bridgehead atoms. The van der Waals surface area contributed by atoms with Crippen LogP contribution in [0.5, 0.6) is 5.75 Å². The molecule has 0 heterocycles. The van der Waals surface area contributed by atoms with Gasteiger partial charge in [-0.05, 0) is 50.2 Å². The molecule has 0 aromatic heterocycles. The van der Waals surface area contributed by atoms with Crippen LogP contribution in [0.3, 0.4) is 0 Å². The van der Waals surface area contributed by atoms with E-state index in [9.17, 15) is 0 Å². The fourth-order valence-electron chi connectivity index (χ4n) is 1.52. The van der Waals surface area contributed by atoms with Crippen molar-refractivity contribution in [3.05, 3.63) is 54.1 Å². The fraction of sp³-hybridized carbons (Fsp3) is 0.200. The first-order chi connectivity index (χ1) is 9.13. The van der Waals surface area contributed by atoms with Crippen molar-refractivity contribution >= 4 is 11.4 Å². The lowest BCUT2D eigenvalue weighted by Gasteiger charge is -2.07. The minimum Gasteiger partial charge on any atom is -0.465 e. The van der Waals surface area contributed by atoms with E-state index in [4.69, 9.17) is 9.84 Å². The van der Waals surface area contributed by atoms with Crippen LogP contribution >= 0.6 is 0 Å². The molecular formula is C15H16N2O2. The first-order valence-electron chi connectivity index (χ1n) is 6.07. The second-order valence-electron chi connectivity index (χ2n) is 4.25. The number of aliphatic hydroxyl groups excluding tert-OH is 1. The minimum absolute atomic E-state index is 0.601. The van der Waals surface area contributed by atoms with Crippen LogP contribution in [-0.2, 0) is 0 Å². The number of rotatable bonds is 4. The van der Waals surface area contributed by atoms with Gasteiger partial charge in [-0.15, -0.1) is 0 Å². The summed E-state index contributed by atoms with van der Waals surface area (Å²) in [5, 5.41) is 17.4. The lowest BCUT2D eigenvalue weighted by molar-refractivity contribution is -0.000282. The summed E-state index contributed by atoms with van der Waals surface area (Å²) in [6.07, 6.45) is -0.819. The predicted octanol–water partition coefficient (Wildman–Crippen LogP) is 4.13. The predicted molar refractivity (Wildman–Crippen MR) is 74.1 cm³/mol. The third kappa shape index (κ3) is 4.19. The van der Waals surface area contributed by atoms with Gasteiger partial charge >= 0.3 is 0 Å². The van der Waals surface area contributed by atoms with Gasteiger partial charge in [0.1, 0.15) is 5.75 Å². The summed E-state index contributed by atoms with van der Waals surface area (Å²) in [6.45, 7) is 3.59. The molecule has 19 heavy (non-hydrogen) atoms. The van der Waals surface area contributed by atoms with Crippen LogP contribution in [-0.4, -0.2) is 11.4 Å². The van der Waals surface area contributed by atoms with Gasteiger partial charge in [-0.1, -0.05) is 17.7 Å².